The molecule has 3 aromatic rings. The van der Waals surface area contributed by atoms with E-state index in [0.29, 0.717) is 11.3 Å². The summed E-state index contributed by atoms with van der Waals surface area (Å²) in [6.07, 6.45) is 2.94. The number of anilines is 1. The third kappa shape index (κ3) is 5.60. The minimum atomic E-state index is -0.660. The number of fused-ring (bicyclic) bond motifs is 1. The molecule has 3 amide bonds. The first kappa shape index (κ1) is 24.2. The third-order valence-electron chi connectivity index (χ3n) is 5.08. The monoisotopic (exact) mass is 495 g/mol. The number of nitrogens with zero attached hydrogens (tertiary/aromatic N) is 2. The van der Waals surface area contributed by atoms with E-state index in [9.17, 15) is 23.6 Å². The maximum Gasteiger partial charge on any atom is 0.326 e. The van der Waals surface area contributed by atoms with E-state index in [2.05, 4.69) is 5.32 Å². The molecule has 1 N–H and O–H groups in total. The number of imide groups is 1. The molecule has 1 fully saturated rings. The van der Waals surface area contributed by atoms with Crippen LogP contribution in [-0.2, 0) is 25.7 Å². The second kappa shape index (κ2) is 10.1. The Morgan fingerprint density at radius 2 is 1.80 bits per heavy atom. The molecule has 0 bridgehead atoms. The number of halogens is 1. The van der Waals surface area contributed by atoms with Gasteiger partial charge in [0.2, 0.25) is 5.91 Å². The lowest BCUT2D eigenvalue weighted by Crippen LogP contribution is -2.35. The molecule has 8 nitrogen and oxygen atoms in total. The number of hydrogen-bond acceptors (Lipinski definition) is 6. The van der Waals surface area contributed by atoms with Crippen molar-refractivity contribution in [2.75, 3.05) is 11.9 Å². The maximum atomic E-state index is 13.1. The molecule has 0 unspecified atom stereocenters. The van der Waals surface area contributed by atoms with Gasteiger partial charge in [0.15, 0.2) is 0 Å². The van der Waals surface area contributed by atoms with Gasteiger partial charge < -0.3 is 14.6 Å². The summed E-state index contributed by atoms with van der Waals surface area (Å²) in [6.45, 7) is 2.89. The molecule has 10 heteroatoms. The Labute approximate surface area is 204 Å². The highest BCUT2D eigenvalue weighted by Gasteiger charge is 2.37. The number of rotatable bonds is 7. The topological polar surface area (TPSA) is 97.7 Å². The molecule has 2 aromatic carbocycles. The van der Waals surface area contributed by atoms with Gasteiger partial charge in [-0.3, -0.25) is 24.1 Å². The summed E-state index contributed by atoms with van der Waals surface area (Å²) < 4.78 is 19.9. The number of hydrogen-bond donors (Lipinski definition) is 1. The standard InChI is InChI=1S/C25H22FN3O5S/c1-15(2)34-23(31)14-29-24(32)21(35-25(29)33)11-16-12-28(20-6-4-3-5-19(16)20)13-22(30)27-18-9-7-17(26)8-10-18/h3-12,15H,13-14H2,1-2H3,(H,27,30)/b21-11+. The zero-order valence-electron chi connectivity index (χ0n) is 19.0. The van der Waals surface area contributed by atoms with Gasteiger partial charge in [0.05, 0.1) is 11.0 Å². The van der Waals surface area contributed by atoms with E-state index in [1.807, 2.05) is 24.3 Å². The number of thioether (sulfide) groups is 1. The molecule has 1 saturated heterocycles. The third-order valence-corrected chi connectivity index (χ3v) is 5.98. The van der Waals surface area contributed by atoms with Crippen LogP contribution in [0.4, 0.5) is 14.9 Å². The number of nitrogens with one attached hydrogen (secondary N) is 1. The molecule has 0 aliphatic carbocycles. The van der Waals surface area contributed by atoms with E-state index in [1.165, 1.54) is 24.3 Å². The fourth-order valence-corrected chi connectivity index (χ4v) is 4.45. The van der Waals surface area contributed by atoms with Crippen LogP contribution in [0.1, 0.15) is 19.4 Å². The van der Waals surface area contributed by atoms with E-state index >= 15 is 0 Å². The van der Waals surface area contributed by atoms with Gasteiger partial charge in [0.25, 0.3) is 11.1 Å². The van der Waals surface area contributed by atoms with Crippen LogP contribution in [0.15, 0.2) is 59.6 Å². The zero-order chi connectivity index (χ0) is 25.1. The van der Waals surface area contributed by atoms with Crippen LogP contribution in [0.3, 0.4) is 0 Å². The van der Waals surface area contributed by atoms with Gasteiger partial charge in [-0.2, -0.15) is 0 Å². The van der Waals surface area contributed by atoms with E-state index in [-0.39, 0.29) is 23.5 Å². The van der Waals surface area contributed by atoms with Crippen LogP contribution in [-0.4, -0.2) is 45.1 Å². The SMILES string of the molecule is CC(C)OC(=O)CN1C(=O)S/C(=C/c2cn(CC(=O)Nc3ccc(F)cc3)c3ccccc23)C1=O. The Hall–Kier alpha value is -3.92. The smallest absolute Gasteiger partial charge is 0.326 e. The molecule has 1 aromatic heterocycles. The number of carbonyl (C=O) groups excluding carboxylic acids is 4. The van der Waals surface area contributed by atoms with Crippen molar-refractivity contribution in [2.45, 2.75) is 26.5 Å². The van der Waals surface area contributed by atoms with Crippen molar-refractivity contribution in [3.05, 3.63) is 71.0 Å². The molecular formula is C25H22FN3O5S. The molecule has 0 radical (unpaired) electrons. The van der Waals surface area contributed by atoms with E-state index in [1.54, 1.807) is 30.7 Å². The zero-order valence-corrected chi connectivity index (χ0v) is 19.8. The van der Waals surface area contributed by atoms with Gasteiger partial charge >= 0.3 is 5.97 Å². The lowest BCUT2D eigenvalue weighted by atomic mass is 10.1. The van der Waals surface area contributed by atoms with Crippen LogP contribution >= 0.6 is 11.8 Å². The van der Waals surface area contributed by atoms with Crippen molar-refractivity contribution in [1.82, 2.24) is 9.47 Å². The first-order valence-electron chi connectivity index (χ1n) is 10.8. The summed E-state index contributed by atoms with van der Waals surface area (Å²) in [6, 6.07) is 12.8. The van der Waals surface area contributed by atoms with Crippen molar-refractivity contribution < 1.29 is 28.3 Å². The van der Waals surface area contributed by atoms with Crippen LogP contribution in [0, 0.1) is 5.82 Å². The summed E-state index contributed by atoms with van der Waals surface area (Å²) in [4.78, 5) is 50.7. The summed E-state index contributed by atoms with van der Waals surface area (Å²) in [7, 11) is 0. The van der Waals surface area contributed by atoms with Crippen molar-refractivity contribution >= 4 is 57.5 Å². The van der Waals surface area contributed by atoms with E-state index in [4.69, 9.17) is 4.74 Å². The Morgan fingerprint density at radius 1 is 1.09 bits per heavy atom. The molecule has 4 rings (SSSR count). The molecule has 0 spiro atoms. The molecule has 2 heterocycles. The molecule has 180 valence electrons. The summed E-state index contributed by atoms with van der Waals surface area (Å²) >= 11 is 0.744. The first-order chi connectivity index (χ1) is 16.7. The quantitative estimate of drug-likeness (QED) is 0.385. The highest BCUT2D eigenvalue weighted by atomic mass is 32.2. The fourth-order valence-electron chi connectivity index (χ4n) is 3.62. The Morgan fingerprint density at radius 3 is 2.51 bits per heavy atom. The summed E-state index contributed by atoms with van der Waals surface area (Å²) in [5, 5.41) is 2.95. The first-order valence-corrected chi connectivity index (χ1v) is 11.6. The van der Waals surface area contributed by atoms with Crippen molar-refractivity contribution in [1.29, 1.82) is 0 Å². The van der Waals surface area contributed by atoms with Crippen molar-refractivity contribution in [3.63, 3.8) is 0 Å². The Bertz CT molecular complexity index is 1350. The summed E-state index contributed by atoms with van der Waals surface area (Å²) in [5.41, 5.74) is 1.87. The second-order valence-electron chi connectivity index (χ2n) is 8.09. The Balaban J connectivity index is 1.56. The van der Waals surface area contributed by atoms with Gasteiger partial charge in [-0.05, 0) is 62.0 Å². The molecular weight excluding hydrogens is 473 g/mol. The average molecular weight is 496 g/mol. The highest BCUT2D eigenvalue weighted by Crippen LogP contribution is 2.34. The largest absolute Gasteiger partial charge is 0.462 e. The number of para-hydroxylation sites is 1. The van der Waals surface area contributed by atoms with Crippen LogP contribution in [0.5, 0.6) is 0 Å². The minimum Gasteiger partial charge on any atom is -0.462 e. The predicted octanol–water partition coefficient (Wildman–Crippen LogP) is 4.41. The van der Waals surface area contributed by atoms with Crippen LogP contribution in [0.2, 0.25) is 0 Å². The van der Waals surface area contributed by atoms with Gasteiger partial charge in [-0.1, -0.05) is 18.2 Å². The molecule has 1 aliphatic heterocycles. The second-order valence-corrected chi connectivity index (χ2v) is 9.08. The normalized spacial score (nSPS) is 14.9. The fraction of sp³-hybridized carbons (Fsp3) is 0.200. The van der Waals surface area contributed by atoms with Crippen molar-refractivity contribution in [2.24, 2.45) is 0 Å². The van der Waals surface area contributed by atoms with E-state index < -0.39 is 29.5 Å². The molecule has 35 heavy (non-hydrogen) atoms. The number of esters is 1. The Kier molecular flexibility index (Phi) is 7.02. The van der Waals surface area contributed by atoms with Crippen LogP contribution in [0.25, 0.3) is 17.0 Å². The number of benzene rings is 2. The highest BCUT2D eigenvalue weighted by molar-refractivity contribution is 8.18. The number of amides is 3. The molecule has 0 saturated carbocycles. The van der Waals surface area contributed by atoms with Gasteiger partial charge in [0, 0.05) is 28.4 Å². The van der Waals surface area contributed by atoms with Crippen molar-refractivity contribution in [3.8, 4) is 0 Å². The van der Waals surface area contributed by atoms with Gasteiger partial charge in [-0.25, -0.2) is 4.39 Å². The number of ether oxygens (including phenoxy) is 1. The summed E-state index contributed by atoms with van der Waals surface area (Å²) in [5.74, 6) is -1.95. The molecule has 0 atom stereocenters. The lowest BCUT2D eigenvalue weighted by Gasteiger charge is -2.13. The van der Waals surface area contributed by atoms with Gasteiger partial charge in [0.1, 0.15) is 18.9 Å². The molecule has 1 aliphatic rings. The lowest BCUT2D eigenvalue weighted by molar-refractivity contribution is -0.149. The maximum absolute atomic E-state index is 13.1. The average Bonchev–Trinajstić information content (AvgIpc) is 3.27. The number of carbonyl (C=O) groups is 4. The van der Waals surface area contributed by atoms with Gasteiger partial charge in [-0.15, -0.1) is 0 Å². The number of aromatic nitrogens is 1. The van der Waals surface area contributed by atoms with Crippen LogP contribution < -0.4 is 5.32 Å². The van der Waals surface area contributed by atoms with E-state index in [0.717, 1.165) is 27.6 Å². The minimum absolute atomic E-state index is 0.0196. The predicted molar refractivity (Wildman–Crippen MR) is 131 cm³/mol.